The predicted molar refractivity (Wildman–Crippen MR) is 77.4 cm³/mol. The maximum Gasteiger partial charge on any atom is 0.226 e. The van der Waals surface area contributed by atoms with Gasteiger partial charge in [0.25, 0.3) is 0 Å². The number of aromatic nitrogens is 2. The van der Waals surface area contributed by atoms with Gasteiger partial charge in [-0.15, -0.1) is 0 Å². The molecule has 1 aliphatic carbocycles. The molecule has 0 saturated heterocycles. The number of aryl methyl sites for hydroxylation is 1. The molecular formula is C15H25N3O2. The lowest BCUT2D eigenvalue weighted by molar-refractivity contribution is -0.140. The molecule has 1 aromatic heterocycles. The van der Waals surface area contributed by atoms with Crippen LogP contribution >= 0.6 is 0 Å². The topological polar surface area (TPSA) is 67.0 Å². The van der Waals surface area contributed by atoms with Crippen LogP contribution in [0.15, 0.2) is 6.07 Å². The Bertz CT molecular complexity index is 465. The number of hydrogen-bond acceptors (Lipinski definition) is 3. The van der Waals surface area contributed by atoms with Crippen molar-refractivity contribution >= 4 is 5.91 Å². The molecule has 5 nitrogen and oxygen atoms in total. The van der Waals surface area contributed by atoms with Gasteiger partial charge in [0.1, 0.15) is 0 Å². The Morgan fingerprint density at radius 1 is 1.55 bits per heavy atom. The molecule has 2 rings (SSSR count). The fourth-order valence-corrected chi connectivity index (χ4v) is 3.45. The summed E-state index contributed by atoms with van der Waals surface area (Å²) in [6.07, 6.45) is 3.55. The number of rotatable bonds is 6. The van der Waals surface area contributed by atoms with Crippen molar-refractivity contribution in [1.82, 2.24) is 15.5 Å². The molecule has 0 unspecified atom stereocenters. The number of nitrogens with one attached hydrogen (secondary N) is 2. The van der Waals surface area contributed by atoms with E-state index in [9.17, 15) is 4.79 Å². The summed E-state index contributed by atoms with van der Waals surface area (Å²) in [5.74, 6) is 0.0438. The van der Waals surface area contributed by atoms with Gasteiger partial charge in [-0.25, -0.2) is 0 Å². The highest BCUT2D eigenvalue weighted by atomic mass is 16.5. The SMILES string of the molecule is CCC1(CC)[C@@H](NC(=O)Cc2cc(C)[nH]n2)C[C@@H]1OC. The first-order valence-corrected chi connectivity index (χ1v) is 7.38. The molecule has 0 aliphatic heterocycles. The van der Waals surface area contributed by atoms with E-state index in [4.69, 9.17) is 4.74 Å². The van der Waals surface area contributed by atoms with Gasteiger partial charge in [-0.05, 0) is 32.3 Å². The van der Waals surface area contributed by atoms with E-state index in [1.165, 1.54) is 0 Å². The number of methoxy groups -OCH3 is 1. The molecule has 2 N–H and O–H groups in total. The van der Waals surface area contributed by atoms with Crippen molar-refractivity contribution in [2.75, 3.05) is 7.11 Å². The number of amides is 1. The monoisotopic (exact) mass is 279 g/mol. The molecule has 0 bridgehead atoms. The fourth-order valence-electron chi connectivity index (χ4n) is 3.45. The summed E-state index contributed by atoms with van der Waals surface area (Å²) in [7, 11) is 1.76. The maximum atomic E-state index is 12.1. The van der Waals surface area contributed by atoms with Crippen LogP contribution in [0.3, 0.4) is 0 Å². The summed E-state index contributed by atoms with van der Waals surface area (Å²) in [5.41, 5.74) is 1.86. The molecule has 0 spiro atoms. The zero-order chi connectivity index (χ0) is 14.8. The lowest BCUT2D eigenvalue weighted by atomic mass is 9.58. The number of carbonyl (C=O) groups is 1. The minimum absolute atomic E-state index is 0.0438. The molecule has 112 valence electrons. The van der Waals surface area contributed by atoms with E-state index in [0.717, 1.165) is 30.7 Å². The first-order valence-electron chi connectivity index (χ1n) is 7.38. The minimum atomic E-state index is 0.0438. The van der Waals surface area contributed by atoms with Gasteiger partial charge in [-0.3, -0.25) is 9.89 Å². The number of carbonyl (C=O) groups excluding carboxylic acids is 1. The molecule has 1 heterocycles. The predicted octanol–water partition coefficient (Wildman–Crippen LogP) is 1.97. The van der Waals surface area contributed by atoms with Crippen molar-refractivity contribution in [3.63, 3.8) is 0 Å². The van der Waals surface area contributed by atoms with Gasteiger partial charge in [0.15, 0.2) is 0 Å². The highest BCUT2D eigenvalue weighted by Gasteiger charge is 2.53. The highest BCUT2D eigenvalue weighted by Crippen LogP contribution is 2.48. The third kappa shape index (κ3) is 2.59. The van der Waals surface area contributed by atoms with Crippen LogP contribution in [-0.4, -0.2) is 35.4 Å². The molecule has 1 amide bonds. The van der Waals surface area contributed by atoms with E-state index in [0.29, 0.717) is 6.42 Å². The van der Waals surface area contributed by atoms with Gasteiger partial charge in [-0.1, -0.05) is 13.8 Å². The van der Waals surface area contributed by atoms with E-state index in [1.54, 1.807) is 7.11 Å². The fraction of sp³-hybridized carbons (Fsp3) is 0.733. The number of ether oxygens (including phenoxy) is 1. The lowest BCUT2D eigenvalue weighted by Crippen LogP contribution is -2.64. The van der Waals surface area contributed by atoms with E-state index < -0.39 is 0 Å². The van der Waals surface area contributed by atoms with Gasteiger partial charge in [0, 0.05) is 24.3 Å². The van der Waals surface area contributed by atoms with E-state index in [2.05, 4.69) is 29.4 Å². The summed E-state index contributed by atoms with van der Waals surface area (Å²) >= 11 is 0. The lowest BCUT2D eigenvalue weighted by Gasteiger charge is -2.55. The van der Waals surface area contributed by atoms with Gasteiger partial charge in [0.05, 0.1) is 18.2 Å². The van der Waals surface area contributed by atoms with Crippen LogP contribution in [0, 0.1) is 12.3 Å². The molecule has 0 aromatic carbocycles. The van der Waals surface area contributed by atoms with Crippen LogP contribution in [0.4, 0.5) is 0 Å². The molecule has 0 radical (unpaired) electrons. The van der Waals surface area contributed by atoms with Crippen molar-refractivity contribution in [1.29, 1.82) is 0 Å². The van der Waals surface area contributed by atoms with E-state index >= 15 is 0 Å². The van der Waals surface area contributed by atoms with Crippen LogP contribution in [0.1, 0.15) is 44.5 Å². The van der Waals surface area contributed by atoms with Crippen molar-refractivity contribution in [2.24, 2.45) is 5.41 Å². The van der Waals surface area contributed by atoms with Crippen molar-refractivity contribution in [3.05, 3.63) is 17.5 Å². The molecule has 2 atom stereocenters. The molecule has 1 aliphatic rings. The van der Waals surface area contributed by atoms with Gasteiger partial charge < -0.3 is 10.1 Å². The standard InChI is InChI=1S/C15H25N3O2/c1-5-15(6-2)12(9-13(15)20-4)16-14(19)8-11-7-10(3)17-18-11/h7,12-13H,5-6,8-9H2,1-4H3,(H,16,19)(H,17,18)/t12-,13-/m0/s1. The average Bonchev–Trinajstić information content (AvgIpc) is 2.81. The second kappa shape index (κ2) is 5.95. The maximum absolute atomic E-state index is 12.1. The zero-order valence-electron chi connectivity index (χ0n) is 12.8. The smallest absolute Gasteiger partial charge is 0.226 e. The van der Waals surface area contributed by atoms with Crippen LogP contribution in [0.5, 0.6) is 0 Å². The first-order chi connectivity index (χ1) is 9.55. The summed E-state index contributed by atoms with van der Waals surface area (Å²) < 4.78 is 5.55. The highest BCUT2D eigenvalue weighted by molar-refractivity contribution is 5.78. The van der Waals surface area contributed by atoms with Gasteiger partial charge in [-0.2, -0.15) is 5.10 Å². The molecule has 1 fully saturated rings. The van der Waals surface area contributed by atoms with Crippen molar-refractivity contribution < 1.29 is 9.53 Å². The molecule has 5 heteroatoms. The molecular weight excluding hydrogens is 254 g/mol. The average molecular weight is 279 g/mol. The van der Waals surface area contributed by atoms with Crippen molar-refractivity contribution in [3.8, 4) is 0 Å². The molecule has 1 aromatic rings. The summed E-state index contributed by atoms with van der Waals surface area (Å²) in [5, 5.41) is 10.1. The van der Waals surface area contributed by atoms with Crippen LogP contribution in [-0.2, 0) is 16.0 Å². The summed E-state index contributed by atoms with van der Waals surface area (Å²) in [4.78, 5) is 12.1. The summed E-state index contributed by atoms with van der Waals surface area (Å²) in [6.45, 7) is 6.28. The van der Waals surface area contributed by atoms with Crippen molar-refractivity contribution in [2.45, 2.75) is 58.6 Å². The normalized spacial score (nSPS) is 24.2. The van der Waals surface area contributed by atoms with E-state index in [1.807, 2.05) is 13.0 Å². The Balaban J connectivity index is 1.94. The van der Waals surface area contributed by atoms with Crippen LogP contribution in [0.2, 0.25) is 0 Å². The van der Waals surface area contributed by atoms with Gasteiger partial charge >= 0.3 is 0 Å². The molecule has 20 heavy (non-hydrogen) atoms. The number of H-pyrrole nitrogens is 1. The van der Waals surface area contributed by atoms with Crippen LogP contribution < -0.4 is 5.32 Å². The third-order valence-corrected chi connectivity index (χ3v) is 4.82. The Kier molecular flexibility index (Phi) is 4.48. The Morgan fingerprint density at radius 2 is 2.25 bits per heavy atom. The number of hydrogen-bond donors (Lipinski definition) is 2. The van der Waals surface area contributed by atoms with E-state index in [-0.39, 0.29) is 23.5 Å². The zero-order valence-corrected chi connectivity index (χ0v) is 12.8. The Hall–Kier alpha value is -1.36. The number of nitrogens with zero attached hydrogens (tertiary/aromatic N) is 1. The number of aromatic amines is 1. The quantitative estimate of drug-likeness (QED) is 0.836. The second-order valence-electron chi connectivity index (χ2n) is 5.74. The third-order valence-electron chi connectivity index (χ3n) is 4.82. The second-order valence-corrected chi connectivity index (χ2v) is 5.74. The summed E-state index contributed by atoms with van der Waals surface area (Å²) in [6, 6.07) is 2.13. The first kappa shape index (κ1) is 15.0. The Labute approximate surface area is 120 Å². The molecule has 1 saturated carbocycles. The van der Waals surface area contributed by atoms with Crippen LogP contribution in [0.25, 0.3) is 0 Å². The Morgan fingerprint density at radius 3 is 2.75 bits per heavy atom. The largest absolute Gasteiger partial charge is 0.381 e. The van der Waals surface area contributed by atoms with Gasteiger partial charge in [0.2, 0.25) is 5.91 Å². The minimum Gasteiger partial charge on any atom is -0.381 e.